The third-order valence-electron chi connectivity index (χ3n) is 27.0. The van der Waals surface area contributed by atoms with Crippen molar-refractivity contribution < 1.29 is 173 Å². The molecule has 35 heteroatoms. The maximum absolute atomic E-state index is 15.4. The van der Waals surface area contributed by atoms with E-state index in [2.05, 4.69) is 40.7 Å². The van der Waals surface area contributed by atoms with Crippen LogP contribution >= 0.6 is 0 Å². The molecule has 4 saturated carbocycles. The second-order valence-corrected chi connectivity index (χ2v) is 33.6. The lowest BCUT2D eigenvalue weighted by atomic mass is 9.33. The van der Waals surface area contributed by atoms with E-state index < -0.39 is 270 Å². The van der Waals surface area contributed by atoms with Gasteiger partial charge in [-0.15, -0.1) is 0 Å². The van der Waals surface area contributed by atoms with Gasteiger partial charge in [0, 0.05) is 5.41 Å². The van der Waals surface area contributed by atoms with Crippen molar-refractivity contribution in [2.45, 2.75) is 328 Å². The van der Waals surface area contributed by atoms with Crippen LogP contribution in [0.4, 0.5) is 0 Å². The van der Waals surface area contributed by atoms with Crippen molar-refractivity contribution in [2.75, 3.05) is 39.6 Å². The van der Waals surface area contributed by atoms with E-state index in [0.29, 0.717) is 64.2 Å². The molecule has 7 saturated heterocycles. The summed E-state index contributed by atoms with van der Waals surface area (Å²) < 4.78 is 82.9. The van der Waals surface area contributed by atoms with Crippen LogP contribution < -0.4 is 0 Å². The molecule has 7 heterocycles. The van der Waals surface area contributed by atoms with Crippen molar-refractivity contribution >= 4 is 5.97 Å². The smallest absolute Gasteiger partial charge is 0.315 e. The van der Waals surface area contributed by atoms with Crippen LogP contribution in [0.15, 0.2) is 11.6 Å². The summed E-state index contributed by atoms with van der Waals surface area (Å²) in [5, 5.41) is 219. The van der Waals surface area contributed by atoms with Crippen LogP contribution in [-0.2, 0) is 71.1 Å². The summed E-state index contributed by atoms with van der Waals surface area (Å²) >= 11 is 0. The quantitative estimate of drug-likeness (QED) is 0.0345. The number of fused-ring (bicyclic) bond motifs is 7. The normalized spacial score (nSPS) is 55.2. The van der Waals surface area contributed by atoms with Crippen molar-refractivity contribution in [3.8, 4) is 0 Å². The van der Waals surface area contributed by atoms with Crippen LogP contribution in [0.2, 0.25) is 0 Å². The van der Waals surface area contributed by atoms with Gasteiger partial charge in [0.15, 0.2) is 37.7 Å². The summed E-state index contributed by atoms with van der Waals surface area (Å²) in [4.78, 5) is 15.4. The first-order chi connectivity index (χ1) is 49.3. The van der Waals surface area contributed by atoms with E-state index in [0.717, 1.165) is 5.57 Å². The first kappa shape index (κ1) is 82.4. The van der Waals surface area contributed by atoms with E-state index in [9.17, 15) is 102 Å². The van der Waals surface area contributed by atoms with Crippen molar-refractivity contribution in [3.63, 3.8) is 0 Å². The third-order valence-corrected chi connectivity index (χ3v) is 27.0. The zero-order valence-electron chi connectivity index (χ0n) is 60.3. The zero-order valence-corrected chi connectivity index (χ0v) is 60.3. The maximum atomic E-state index is 15.4. The fourth-order valence-corrected chi connectivity index (χ4v) is 20.2. The molecule has 0 aromatic rings. The van der Waals surface area contributed by atoms with E-state index in [-0.39, 0.29) is 35.2 Å². The van der Waals surface area contributed by atoms with Crippen LogP contribution in [0.1, 0.15) is 120 Å². The Hall–Kier alpha value is -2.11. The van der Waals surface area contributed by atoms with E-state index in [1.54, 1.807) is 0 Å². The molecule has 0 unspecified atom stereocenters. The summed E-state index contributed by atoms with van der Waals surface area (Å²) in [5.41, 5.74) is -2.45. The fourth-order valence-electron chi connectivity index (χ4n) is 20.2. The lowest BCUT2D eigenvalue weighted by Gasteiger charge is -2.71. The molecule has 20 N–H and O–H groups in total. The second kappa shape index (κ2) is 31.3. The SMILES string of the molecule is C[C@@H]1O[C@@H](O[C@H]2[C@H](O)[C@@H](O)[C@H](OC[C@H]3O[C@@H](OC(=O)[C@]45CCC(C)(C)C[C@H]4C4=CC[C@@H]6[C@@]7(C)CC[C@H](O[C@@H]8OC[C@H](O)[C@H](O)[C@H]8O[C@@H]8O[C@@H](C)[C@H](O)[C@@H](O[C@@H]9OC[C@@H](O[C@@H]%10O[C@H](CO)[C@@H](O)[C@H](O)[C@H]%10O)[C@H](O)[C@H]9O)[C@H]8O)[C@@](C)(CO)[C@@H]7CC[C@@]6(C)[C@]4(C)CC5)[C@H](O)[C@@H](O)[C@@H]3O)O[C@@H]2CO)[C@H](O)[C@H](O)[C@H]1O. The Labute approximate surface area is 607 Å². The van der Waals surface area contributed by atoms with Gasteiger partial charge >= 0.3 is 5.97 Å². The lowest BCUT2D eigenvalue weighted by molar-refractivity contribution is -0.383. The number of carbonyl (C=O) groups excluding carboxylic acids is 1. The zero-order chi connectivity index (χ0) is 76.4. The Morgan fingerprint density at radius 3 is 1.69 bits per heavy atom. The van der Waals surface area contributed by atoms with Gasteiger partial charge in [-0.05, 0) is 117 Å². The molecule has 42 atom stereocenters. The van der Waals surface area contributed by atoms with Gasteiger partial charge in [-0.1, -0.05) is 53.2 Å². The number of hydrogen-bond donors (Lipinski definition) is 20. The van der Waals surface area contributed by atoms with Crippen molar-refractivity contribution in [1.82, 2.24) is 0 Å². The number of carbonyl (C=O) groups is 1. The molecule has 0 aromatic carbocycles. The summed E-state index contributed by atoms with van der Waals surface area (Å²) in [7, 11) is 0. The number of hydrogen-bond acceptors (Lipinski definition) is 35. The first-order valence-electron chi connectivity index (χ1n) is 37.1. The Balaban J connectivity index is 0.704. The Morgan fingerprint density at radius 2 is 1.02 bits per heavy atom. The monoisotopic (exact) mass is 1510 g/mol. The molecule has 7 aliphatic heterocycles. The summed E-state index contributed by atoms with van der Waals surface area (Å²) in [6.45, 7) is 12.5. The molecule has 0 aromatic heterocycles. The average molecular weight is 1520 g/mol. The number of esters is 1. The Morgan fingerprint density at radius 1 is 0.467 bits per heavy atom. The molecular weight excluding hydrogens is 1400 g/mol. The van der Waals surface area contributed by atoms with Gasteiger partial charge in [0.25, 0.3) is 0 Å². The fraction of sp³-hybridized carbons (Fsp3) is 0.957. The molecule has 35 nitrogen and oxygen atoms in total. The van der Waals surface area contributed by atoms with Crippen LogP contribution in [0.5, 0.6) is 0 Å². The molecule has 105 heavy (non-hydrogen) atoms. The molecule has 5 aliphatic carbocycles. The molecular formula is C70H114O35. The third kappa shape index (κ3) is 14.5. The Kier molecular flexibility index (Phi) is 24.6. The minimum atomic E-state index is -1.94. The second-order valence-electron chi connectivity index (χ2n) is 33.6. The van der Waals surface area contributed by atoms with E-state index in [1.165, 1.54) is 13.8 Å². The highest BCUT2D eigenvalue weighted by Gasteiger charge is 2.71. The van der Waals surface area contributed by atoms with Gasteiger partial charge in [0.2, 0.25) is 6.29 Å². The van der Waals surface area contributed by atoms with Crippen molar-refractivity contribution in [1.29, 1.82) is 0 Å². The number of rotatable bonds is 18. The molecule has 0 amide bonds. The van der Waals surface area contributed by atoms with Gasteiger partial charge in [-0.25, -0.2) is 0 Å². The van der Waals surface area contributed by atoms with Crippen molar-refractivity contribution in [2.24, 2.45) is 50.2 Å². The Bertz CT molecular complexity index is 2970. The number of aliphatic hydroxyl groups is 20. The topological polar surface area (TPSA) is 551 Å². The van der Waals surface area contributed by atoms with Crippen LogP contribution in [-0.4, -0.2) is 357 Å². The van der Waals surface area contributed by atoms with Gasteiger partial charge in [-0.3, -0.25) is 4.79 Å². The minimum Gasteiger partial charge on any atom is -0.432 e. The number of allylic oxidation sites excluding steroid dienone is 2. The largest absolute Gasteiger partial charge is 0.432 e. The standard InChI is InChI=1S/C70H114O35/c1-26-38(75)44(81)49(86)59(95-26)102-54-32(21-72)98-57(52(89)47(54)84)93-23-33-42(79)46(83)51(88)61(100-33)105-64(91)70-17-15-65(3,4)19-29(70)28-9-10-36-66(5)13-12-37(67(6,25-73)35(66)11-14-69(36,8)68(28,7)16-18-70)101-63-56(40(77)30(74)22-92-63)104-62-53(90)55(39(76)27(2)96-62)103-58-48(85)43(80)34(24-94-58)99-60-50(87)45(82)41(78)31(20-71)97-60/h9,26-27,29-63,71-90H,10-25H2,1-8H3/t26-,27-,29-,30-,31+,32+,33+,34+,35+,36+,37-,38-,39-,40-,41+,42+,43-,44+,45-,46-,47+,48+,49+,50+,51+,52+,53+,54+,55+,56+,57+,58-,59-,60-,61-,62-,63-,66-,67-,68+,69+,70-/m0/s1. The molecule has 12 aliphatic rings. The van der Waals surface area contributed by atoms with Crippen LogP contribution in [0.3, 0.4) is 0 Å². The first-order valence-corrected chi connectivity index (χ1v) is 37.1. The molecule has 0 spiro atoms. The summed E-state index contributed by atoms with van der Waals surface area (Å²) in [6.07, 6.45) is -47.7. The maximum Gasteiger partial charge on any atom is 0.315 e. The minimum absolute atomic E-state index is 0.0388. The summed E-state index contributed by atoms with van der Waals surface area (Å²) in [5.74, 6) is -1.13. The van der Waals surface area contributed by atoms with Crippen LogP contribution in [0.25, 0.3) is 0 Å². The molecule has 11 fully saturated rings. The molecule has 0 radical (unpaired) electrons. The van der Waals surface area contributed by atoms with Gasteiger partial charge < -0.3 is 168 Å². The van der Waals surface area contributed by atoms with E-state index >= 15 is 4.79 Å². The lowest BCUT2D eigenvalue weighted by Crippen LogP contribution is -2.67. The van der Waals surface area contributed by atoms with Gasteiger partial charge in [0.05, 0.1) is 63.4 Å². The highest BCUT2D eigenvalue weighted by Crippen LogP contribution is 2.76. The number of ether oxygens (including phenoxy) is 14. The van der Waals surface area contributed by atoms with Gasteiger partial charge in [0.1, 0.15) is 146 Å². The summed E-state index contributed by atoms with van der Waals surface area (Å²) in [6, 6.07) is 0. The average Bonchev–Trinajstić information content (AvgIpc) is 0.674. The highest BCUT2D eigenvalue weighted by atomic mass is 16.8. The number of aliphatic hydroxyl groups excluding tert-OH is 20. The predicted molar refractivity (Wildman–Crippen MR) is 347 cm³/mol. The van der Waals surface area contributed by atoms with Gasteiger partial charge in [-0.2, -0.15) is 0 Å². The predicted octanol–water partition coefficient (Wildman–Crippen LogP) is -6.26. The molecule has 12 rings (SSSR count). The van der Waals surface area contributed by atoms with E-state index in [4.69, 9.17) is 66.3 Å². The highest BCUT2D eigenvalue weighted by molar-refractivity contribution is 5.79. The molecule has 0 bridgehead atoms. The van der Waals surface area contributed by atoms with E-state index in [1.807, 2.05) is 6.92 Å². The van der Waals surface area contributed by atoms with Crippen molar-refractivity contribution in [3.05, 3.63) is 11.6 Å². The van der Waals surface area contributed by atoms with Crippen LogP contribution in [0, 0.1) is 50.2 Å². The molecule has 604 valence electrons.